The molecule has 1 unspecified atom stereocenters. The lowest BCUT2D eigenvalue weighted by molar-refractivity contribution is -0.146. The summed E-state index contributed by atoms with van der Waals surface area (Å²) in [6.45, 7) is 0. The van der Waals surface area contributed by atoms with E-state index in [0.29, 0.717) is 5.69 Å². The van der Waals surface area contributed by atoms with Gasteiger partial charge in [0.05, 0.1) is 18.1 Å². The van der Waals surface area contributed by atoms with E-state index in [1.54, 1.807) is 24.4 Å². The number of aliphatic hydroxyl groups is 1. The summed E-state index contributed by atoms with van der Waals surface area (Å²) in [5, 5.41) is 25.7. The number of carbonyl (C=O) groups is 1. The highest BCUT2D eigenvalue weighted by molar-refractivity contribution is 5.75. The van der Waals surface area contributed by atoms with E-state index < -0.39 is 12.1 Å². The maximum atomic E-state index is 10.7. The van der Waals surface area contributed by atoms with E-state index in [-0.39, 0.29) is 5.56 Å². The number of carboxylic acids is 1. The fraction of sp³-hybridized carbons (Fsp3) is 0.100. The van der Waals surface area contributed by atoms with E-state index in [9.17, 15) is 9.90 Å². The minimum Gasteiger partial charge on any atom is -0.479 e. The Balaban J connectivity index is 2.50. The highest BCUT2D eigenvalue weighted by Crippen LogP contribution is 2.20. The molecule has 0 fully saturated rings. The third kappa shape index (κ3) is 1.78. The van der Waals surface area contributed by atoms with Crippen LogP contribution in [0.2, 0.25) is 0 Å². The van der Waals surface area contributed by atoms with Crippen LogP contribution in [0.15, 0.2) is 36.7 Å². The molecule has 0 aliphatic rings. The van der Waals surface area contributed by atoms with E-state index in [1.165, 1.54) is 16.9 Å². The Kier molecular flexibility index (Phi) is 2.65. The summed E-state index contributed by atoms with van der Waals surface area (Å²) in [7, 11) is 0. The SMILES string of the molecule is O=C(O)C(O)c1ccccc1-n1ccnn1. The number of benzene rings is 1. The van der Waals surface area contributed by atoms with Gasteiger partial charge in [0.15, 0.2) is 6.10 Å². The maximum Gasteiger partial charge on any atom is 0.337 e. The summed E-state index contributed by atoms with van der Waals surface area (Å²) in [5.41, 5.74) is 0.774. The smallest absolute Gasteiger partial charge is 0.337 e. The largest absolute Gasteiger partial charge is 0.479 e. The molecular formula is C10H9N3O3. The first kappa shape index (κ1) is 10.3. The van der Waals surface area contributed by atoms with Gasteiger partial charge in [-0.3, -0.25) is 0 Å². The van der Waals surface area contributed by atoms with Crippen molar-refractivity contribution in [2.45, 2.75) is 6.10 Å². The molecule has 6 heteroatoms. The molecule has 2 N–H and O–H groups in total. The molecule has 0 aliphatic carbocycles. The number of aliphatic carboxylic acids is 1. The summed E-state index contributed by atoms with van der Waals surface area (Å²) in [6.07, 6.45) is 1.48. The average Bonchev–Trinajstić information content (AvgIpc) is 2.81. The summed E-state index contributed by atoms with van der Waals surface area (Å²) in [6, 6.07) is 6.59. The van der Waals surface area contributed by atoms with Gasteiger partial charge in [-0.25, -0.2) is 9.48 Å². The third-order valence-electron chi connectivity index (χ3n) is 2.13. The van der Waals surface area contributed by atoms with Gasteiger partial charge in [-0.05, 0) is 6.07 Å². The van der Waals surface area contributed by atoms with Gasteiger partial charge in [0.1, 0.15) is 0 Å². The van der Waals surface area contributed by atoms with Crippen LogP contribution in [-0.4, -0.2) is 31.2 Å². The highest BCUT2D eigenvalue weighted by Gasteiger charge is 2.19. The van der Waals surface area contributed by atoms with Crippen molar-refractivity contribution in [3.8, 4) is 5.69 Å². The predicted octanol–water partition coefficient (Wildman–Crippen LogP) is 0.385. The van der Waals surface area contributed by atoms with Crippen molar-refractivity contribution in [1.29, 1.82) is 0 Å². The fourth-order valence-electron chi connectivity index (χ4n) is 1.40. The third-order valence-corrected chi connectivity index (χ3v) is 2.13. The molecule has 0 bridgehead atoms. The molecule has 6 nitrogen and oxygen atoms in total. The lowest BCUT2D eigenvalue weighted by Gasteiger charge is -2.11. The molecule has 1 atom stereocenters. The minimum absolute atomic E-state index is 0.278. The Bertz CT molecular complexity index is 496. The molecule has 1 aromatic carbocycles. The van der Waals surface area contributed by atoms with E-state index in [4.69, 9.17) is 5.11 Å². The number of carboxylic acid groups (broad SMARTS) is 1. The maximum absolute atomic E-state index is 10.7. The Morgan fingerprint density at radius 2 is 2.12 bits per heavy atom. The fourth-order valence-corrected chi connectivity index (χ4v) is 1.40. The number of aliphatic hydroxyl groups excluding tert-OH is 1. The average molecular weight is 219 g/mol. The van der Waals surface area contributed by atoms with Crippen LogP contribution in [0.25, 0.3) is 5.69 Å². The Hall–Kier alpha value is -2.21. The van der Waals surface area contributed by atoms with Crippen molar-refractivity contribution in [3.63, 3.8) is 0 Å². The van der Waals surface area contributed by atoms with Gasteiger partial charge in [0, 0.05) is 5.56 Å². The van der Waals surface area contributed by atoms with Crippen LogP contribution in [-0.2, 0) is 4.79 Å². The standard InChI is InChI=1S/C10H9N3O3/c14-9(10(15)16)7-3-1-2-4-8(7)13-6-5-11-12-13/h1-6,9,14H,(H,15,16). The number of aromatic nitrogens is 3. The van der Waals surface area contributed by atoms with Gasteiger partial charge in [0.2, 0.25) is 0 Å². The van der Waals surface area contributed by atoms with Crippen LogP contribution in [0.1, 0.15) is 11.7 Å². The predicted molar refractivity (Wildman–Crippen MR) is 54.0 cm³/mol. The van der Waals surface area contributed by atoms with Crippen LogP contribution in [0.3, 0.4) is 0 Å². The van der Waals surface area contributed by atoms with Crippen molar-refractivity contribution < 1.29 is 15.0 Å². The molecule has 16 heavy (non-hydrogen) atoms. The van der Waals surface area contributed by atoms with Crippen LogP contribution in [0.5, 0.6) is 0 Å². The second-order valence-corrected chi connectivity index (χ2v) is 3.15. The van der Waals surface area contributed by atoms with Gasteiger partial charge in [-0.15, -0.1) is 5.10 Å². The van der Waals surface area contributed by atoms with Crippen molar-refractivity contribution in [1.82, 2.24) is 15.0 Å². The quantitative estimate of drug-likeness (QED) is 0.779. The molecule has 0 spiro atoms. The molecular weight excluding hydrogens is 210 g/mol. The second kappa shape index (κ2) is 4.11. The lowest BCUT2D eigenvalue weighted by atomic mass is 10.1. The normalized spacial score (nSPS) is 12.3. The van der Waals surface area contributed by atoms with Gasteiger partial charge in [0.25, 0.3) is 0 Å². The van der Waals surface area contributed by atoms with Crippen LogP contribution >= 0.6 is 0 Å². The van der Waals surface area contributed by atoms with Crippen molar-refractivity contribution in [2.24, 2.45) is 0 Å². The number of para-hydroxylation sites is 1. The zero-order valence-corrected chi connectivity index (χ0v) is 8.19. The molecule has 82 valence electrons. The van der Waals surface area contributed by atoms with Crippen molar-refractivity contribution >= 4 is 5.97 Å². The van der Waals surface area contributed by atoms with E-state index in [2.05, 4.69) is 10.3 Å². The first-order chi connectivity index (χ1) is 7.70. The number of hydrogen-bond acceptors (Lipinski definition) is 4. The van der Waals surface area contributed by atoms with Crippen LogP contribution < -0.4 is 0 Å². The summed E-state index contributed by atoms with van der Waals surface area (Å²) >= 11 is 0. The Labute approximate surface area is 90.8 Å². The highest BCUT2D eigenvalue weighted by atomic mass is 16.4. The minimum atomic E-state index is -1.57. The van der Waals surface area contributed by atoms with Crippen LogP contribution in [0, 0.1) is 0 Å². The molecule has 2 aromatic rings. The zero-order valence-electron chi connectivity index (χ0n) is 8.19. The molecule has 0 aliphatic heterocycles. The topological polar surface area (TPSA) is 88.2 Å². The number of hydrogen-bond donors (Lipinski definition) is 2. The summed E-state index contributed by atoms with van der Waals surface area (Å²) < 4.78 is 1.40. The summed E-state index contributed by atoms with van der Waals surface area (Å²) in [4.78, 5) is 10.7. The molecule has 1 heterocycles. The van der Waals surface area contributed by atoms with Crippen LogP contribution in [0.4, 0.5) is 0 Å². The Morgan fingerprint density at radius 3 is 2.75 bits per heavy atom. The molecule has 0 radical (unpaired) electrons. The van der Waals surface area contributed by atoms with E-state index in [1.807, 2.05) is 0 Å². The van der Waals surface area contributed by atoms with Gasteiger partial charge in [-0.1, -0.05) is 23.4 Å². The van der Waals surface area contributed by atoms with Crippen molar-refractivity contribution in [3.05, 3.63) is 42.2 Å². The number of rotatable bonds is 3. The van der Waals surface area contributed by atoms with Gasteiger partial charge < -0.3 is 10.2 Å². The monoisotopic (exact) mass is 219 g/mol. The number of nitrogens with zero attached hydrogens (tertiary/aromatic N) is 3. The van der Waals surface area contributed by atoms with E-state index >= 15 is 0 Å². The molecule has 0 amide bonds. The zero-order chi connectivity index (χ0) is 11.5. The van der Waals surface area contributed by atoms with Crippen molar-refractivity contribution in [2.75, 3.05) is 0 Å². The summed E-state index contributed by atoms with van der Waals surface area (Å²) in [5.74, 6) is -1.30. The first-order valence-electron chi connectivity index (χ1n) is 4.56. The molecule has 1 aromatic heterocycles. The molecule has 2 rings (SSSR count). The van der Waals surface area contributed by atoms with Gasteiger partial charge in [-0.2, -0.15) is 0 Å². The van der Waals surface area contributed by atoms with Gasteiger partial charge >= 0.3 is 5.97 Å². The molecule has 0 saturated carbocycles. The first-order valence-corrected chi connectivity index (χ1v) is 4.56. The Morgan fingerprint density at radius 1 is 1.38 bits per heavy atom. The lowest BCUT2D eigenvalue weighted by Crippen LogP contribution is -2.13. The second-order valence-electron chi connectivity index (χ2n) is 3.15. The van der Waals surface area contributed by atoms with E-state index in [0.717, 1.165) is 0 Å². The molecule has 0 saturated heterocycles.